The van der Waals surface area contributed by atoms with Gasteiger partial charge in [0.1, 0.15) is 0 Å². The first-order valence-electron chi connectivity index (χ1n) is 7.93. The number of carboxylic acids is 1. The highest BCUT2D eigenvalue weighted by Crippen LogP contribution is 2.18. The van der Waals surface area contributed by atoms with Crippen LogP contribution in [-0.2, 0) is 9.53 Å². The van der Waals surface area contributed by atoms with E-state index < -0.39 is 5.97 Å². The molecule has 6 nitrogen and oxygen atoms in total. The number of rotatable bonds is 9. The molecule has 0 aromatic carbocycles. The van der Waals surface area contributed by atoms with E-state index in [1.165, 1.54) is 0 Å². The second-order valence-electron chi connectivity index (χ2n) is 5.70. The lowest BCUT2D eigenvalue weighted by Crippen LogP contribution is -2.45. The zero-order valence-electron chi connectivity index (χ0n) is 12.9. The van der Waals surface area contributed by atoms with Crippen LogP contribution in [0, 0.1) is 5.92 Å². The predicted molar refractivity (Wildman–Crippen MR) is 80.3 cm³/mol. The summed E-state index contributed by atoms with van der Waals surface area (Å²) in [6.45, 7) is 4.25. The first-order chi connectivity index (χ1) is 10.1. The number of carbonyl (C=O) groups excluding carboxylic acids is 1. The SMILES string of the molecule is CC(NC(=O)NCCCCCCC(=O)O)C1CCOCC1. The average molecular weight is 300 g/mol. The Hall–Kier alpha value is -1.30. The van der Waals surface area contributed by atoms with E-state index in [9.17, 15) is 9.59 Å². The fourth-order valence-electron chi connectivity index (χ4n) is 2.55. The molecule has 1 aliphatic rings. The van der Waals surface area contributed by atoms with E-state index in [4.69, 9.17) is 9.84 Å². The Bertz CT molecular complexity index is 317. The Morgan fingerprint density at radius 1 is 1.19 bits per heavy atom. The zero-order valence-corrected chi connectivity index (χ0v) is 12.9. The summed E-state index contributed by atoms with van der Waals surface area (Å²) in [5.41, 5.74) is 0. The molecule has 1 saturated heterocycles. The minimum atomic E-state index is -0.741. The first kappa shape index (κ1) is 17.8. The Morgan fingerprint density at radius 3 is 2.52 bits per heavy atom. The zero-order chi connectivity index (χ0) is 15.5. The van der Waals surface area contributed by atoms with Gasteiger partial charge in [-0.15, -0.1) is 0 Å². The fourth-order valence-corrected chi connectivity index (χ4v) is 2.55. The maximum absolute atomic E-state index is 11.7. The van der Waals surface area contributed by atoms with Crippen LogP contribution in [0.1, 0.15) is 51.9 Å². The van der Waals surface area contributed by atoms with Crippen molar-refractivity contribution in [2.75, 3.05) is 19.8 Å². The molecule has 0 aromatic heterocycles. The van der Waals surface area contributed by atoms with Crippen LogP contribution in [0.2, 0.25) is 0 Å². The van der Waals surface area contributed by atoms with Crippen LogP contribution in [0.5, 0.6) is 0 Å². The third-order valence-corrected chi connectivity index (χ3v) is 3.93. The number of nitrogens with one attached hydrogen (secondary N) is 2. The van der Waals surface area contributed by atoms with E-state index in [0.717, 1.165) is 45.3 Å². The molecule has 0 radical (unpaired) electrons. The van der Waals surface area contributed by atoms with Gasteiger partial charge < -0.3 is 20.5 Å². The Kier molecular flexibility index (Phi) is 8.82. The van der Waals surface area contributed by atoms with Crippen LogP contribution in [0.4, 0.5) is 4.79 Å². The monoisotopic (exact) mass is 300 g/mol. The maximum atomic E-state index is 11.7. The quantitative estimate of drug-likeness (QED) is 0.569. The van der Waals surface area contributed by atoms with E-state index in [2.05, 4.69) is 10.6 Å². The summed E-state index contributed by atoms with van der Waals surface area (Å²) in [5.74, 6) is -0.241. The molecule has 6 heteroatoms. The van der Waals surface area contributed by atoms with Gasteiger partial charge in [-0.2, -0.15) is 0 Å². The Labute approximate surface area is 126 Å². The van der Waals surface area contributed by atoms with Crippen molar-refractivity contribution in [1.29, 1.82) is 0 Å². The molecule has 3 N–H and O–H groups in total. The molecule has 1 rings (SSSR count). The highest BCUT2D eigenvalue weighted by Gasteiger charge is 2.21. The molecular weight excluding hydrogens is 272 g/mol. The molecule has 0 bridgehead atoms. The highest BCUT2D eigenvalue weighted by molar-refractivity contribution is 5.74. The molecule has 0 aromatic rings. The van der Waals surface area contributed by atoms with Gasteiger partial charge in [0.15, 0.2) is 0 Å². The molecule has 1 unspecified atom stereocenters. The average Bonchev–Trinajstić information content (AvgIpc) is 2.46. The topological polar surface area (TPSA) is 87.7 Å². The third kappa shape index (κ3) is 8.55. The number of carbonyl (C=O) groups is 2. The van der Waals surface area contributed by atoms with Crippen LogP contribution < -0.4 is 10.6 Å². The molecule has 1 atom stereocenters. The largest absolute Gasteiger partial charge is 0.481 e. The standard InChI is InChI=1S/C15H28N2O4/c1-12(13-7-10-21-11-8-13)17-15(20)16-9-5-3-2-4-6-14(18)19/h12-13H,2-11H2,1H3,(H,18,19)(H2,16,17,20). The third-order valence-electron chi connectivity index (χ3n) is 3.93. The van der Waals surface area contributed by atoms with Gasteiger partial charge in [0, 0.05) is 32.2 Å². The van der Waals surface area contributed by atoms with Crippen molar-refractivity contribution < 1.29 is 19.4 Å². The van der Waals surface area contributed by atoms with Gasteiger partial charge in [-0.25, -0.2) is 4.79 Å². The van der Waals surface area contributed by atoms with Gasteiger partial charge in [-0.05, 0) is 38.5 Å². The number of hydrogen-bond donors (Lipinski definition) is 3. The normalized spacial score (nSPS) is 17.2. The highest BCUT2D eigenvalue weighted by atomic mass is 16.5. The van der Waals surface area contributed by atoms with E-state index in [-0.39, 0.29) is 18.5 Å². The number of hydrogen-bond acceptors (Lipinski definition) is 3. The van der Waals surface area contributed by atoms with Gasteiger partial charge in [-0.3, -0.25) is 4.79 Å². The van der Waals surface area contributed by atoms with Gasteiger partial charge in [0.05, 0.1) is 0 Å². The van der Waals surface area contributed by atoms with Crippen LogP contribution in [0.15, 0.2) is 0 Å². The summed E-state index contributed by atoms with van der Waals surface area (Å²) in [6.07, 6.45) is 5.69. The maximum Gasteiger partial charge on any atom is 0.315 e. The summed E-state index contributed by atoms with van der Waals surface area (Å²) in [7, 11) is 0. The molecule has 122 valence electrons. The van der Waals surface area contributed by atoms with Gasteiger partial charge in [-0.1, -0.05) is 12.8 Å². The Morgan fingerprint density at radius 2 is 1.86 bits per heavy atom. The van der Waals surface area contributed by atoms with Gasteiger partial charge in [0.25, 0.3) is 0 Å². The summed E-state index contributed by atoms with van der Waals surface area (Å²) < 4.78 is 5.32. The van der Waals surface area contributed by atoms with Crippen molar-refractivity contribution in [2.24, 2.45) is 5.92 Å². The van der Waals surface area contributed by atoms with Crippen LogP contribution >= 0.6 is 0 Å². The molecule has 0 saturated carbocycles. The summed E-state index contributed by atoms with van der Waals surface area (Å²) in [4.78, 5) is 22.1. The fraction of sp³-hybridized carbons (Fsp3) is 0.867. The summed E-state index contributed by atoms with van der Waals surface area (Å²) in [6, 6.07) is 0.0593. The minimum Gasteiger partial charge on any atom is -0.481 e. The second kappa shape index (κ2) is 10.4. The van der Waals surface area contributed by atoms with E-state index >= 15 is 0 Å². The van der Waals surface area contributed by atoms with E-state index in [1.807, 2.05) is 6.92 Å². The molecule has 2 amide bonds. The van der Waals surface area contributed by atoms with Crippen molar-refractivity contribution in [3.63, 3.8) is 0 Å². The molecular formula is C15H28N2O4. The smallest absolute Gasteiger partial charge is 0.315 e. The number of ether oxygens (including phenoxy) is 1. The van der Waals surface area contributed by atoms with E-state index in [0.29, 0.717) is 18.9 Å². The molecule has 0 spiro atoms. The number of unbranched alkanes of at least 4 members (excludes halogenated alkanes) is 3. The Balaban J connectivity index is 1.99. The first-order valence-corrected chi connectivity index (χ1v) is 7.93. The van der Waals surface area contributed by atoms with Crippen molar-refractivity contribution in [1.82, 2.24) is 10.6 Å². The molecule has 1 aliphatic heterocycles. The number of aliphatic carboxylic acids is 1. The molecule has 0 aliphatic carbocycles. The van der Waals surface area contributed by atoms with Crippen molar-refractivity contribution >= 4 is 12.0 Å². The van der Waals surface area contributed by atoms with Crippen molar-refractivity contribution in [3.8, 4) is 0 Å². The van der Waals surface area contributed by atoms with Crippen LogP contribution in [-0.4, -0.2) is 42.9 Å². The van der Waals surface area contributed by atoms with Crippen molar-refractivity contribution in [3.05, 3.63) is 0 Å². The minimum absolute atomic E-state index is 0.112. The number of carboxylic acid groups (broad SMARTS) is 1. The van der Waals surface area contributed by atoms with Gasteiger partial charge in [0.2, 0.25) is 0 Å². The van der Waals surface area contributed by atoms with E-state index in [1.54, 1.807) is 0 Å². The lowest BCUT2D eigenvalue weighted by Gasteiger charge is -2.28. The molecule has 1 fully saturated rings. The van der Waals surface area contributed by atoms with Crippen LogP contribution in [0.25, 0.3) is 0 Å². The number of amides is 2. The summed E-state index contributed by atoms with van der Waals surface area (Å²) >= 11 is 0. The molecule has 21 heavy (non-hydrogen) atoms. The lowest BCUT2D eigenvalue weighted by molar-refractivity contribution is -0.137. The summed E-state index contributed by atoms with van der Waals surface area (Å²) in [5, 5.41) is 14.3. The van der Waals surface area contributed by atoms with Gasteiger partial charge >= 0.3 is 12.0 Å². The van der Waals surface area contributed by atoms with Crippen molar-refractivity contribution in [2.45, 2.75) is 57.9 Å². The van der Waals surface area contributed by atoms with Crippen LogP contribution in [0.3, 0.4) is 0 Å². The number of urea groups is 1. The lowest BCUT2D eigenvalue weighted by atomic mass is 9.93. The molecule has 1 heterocycles. The second-order valence-corrected chi connectivity index (χ2v) is 5.70. The predicted octanol–water partition coefficient (Wildman–Crippen LogP) is 2.14.